The third kappa shape index (κ3) is 4.13. The average molecular weight is 474 g/mol. The predicted molar refractivity (Wildman–Crippen MR) is 139 cm³/mol. The number of hydrogen-bond acceptors (Lipinski definition) is 1. The number of amides is 1. The van der Waals surface area contributed by atoms with E-state index in [9.17, 15) is 4.79 Å². The SMILES string of the molecule is Cc1cccc2c1C[NH2+]CC21C[NH2+]CC1C(=O)N1CCC(c2ccccc2)CC1C1CCCCC1. The highest BCUT2D eigenvalue weighted by atomic mass is 16.2. The molecule has 1 aliphatic carbocycles. The molecule has 4 aliphatic rings. The van der Waals surface area contributed by atoms with Gasteiger partial charge in [-0.25, -0.2) is 0 Å². The van der Waals surface area contributed by atoms with Gasteiger partial charge in [-0.3, -0.25) is 4.79 Å². The molecule has 2 saturated heterocycles. The van der Waals surface area contributed by atoms with Crippen molar-refractivity contribution in [2.75, 3.05) is 26.2 Å². The van der Waals surface area contributed by atoms with Crippen LogP contribution in [0.1, 0.15) is 73.1 Å². The Bertz CT molecular complexity index is 1050. The van der Waals surface area contributed by atoms with Crippen LogP contribution in [0.15, 0.2) is 48.5 Å². The minimum atomic E-state index is -0.0237. The number of nitrogens with zero attached hydrogens (tertiary/aromatic N) is 1. The maximum Gasteiger partial charge on any atom is 0.233 e. The van der Waals surface area contributed by atoms with E-state index < -0.39 is 0 Å². The van der Waals surface area contributed by atoms with E-state index in [4.69, 9.17) is 0 Å². The van der Waals surface area contributed by atoms with Crippen molar-refractivity contribution in [3.63, 3.8) is 0 Å². The van der Waals surface area contributed by atoms with E-state index in [0.29, 0.717) is 23.8 Å². The molecule has 3 aliphatic heterocycles. The molecule has 35 heavy (non-hydrogen) atoms. The molecule has 4 nitrogen and oxygen atoms in total. The number of carbonyl (C=O) groups is 1. The monoisotopic (exact) mass is 473 g/mol. The Kier molecular flexibility index (Phi) is 6.45. The van der Waals surface area contributed by atoms with Gasteiger partial charge in [-0.2, -0.15) is 0 Å². The fraction of sp³-hybridized carbons (Fsp3) is 0.581. The smallest absolute Gasteiger partial charge is 0.233 e. The molecule has 0 bridgehead atoms. The molecule has 4 heteroatoms. The summed E-state index contributed by atoms with van der Waals surface area (Å²) in [5, 5.41) is 4.90. The number of benzene rings is 2. The van der Waals surface area contributed by atoms with Gasteiger partial charge in [0.05, 0.1) is 19.6 Å². The number of likely N-dealkylation sites (tertiary alicyclic amines) is 1. The second kappa shape index (κ2) is 9.71. The number of fused-ring (bicyclic) bond motifs is 2. The summed E-state index contributed by atoms with van der Waals surface area (Å²) < 4.78 is 0. The molecule has 4 atom stereocenters. The van der Waals surface area contributed by atoms with Gasteiger partial charge in [-0.05, 0) is 61.1 Å². The zero-order valence-corrected chi connectivity index (χ0v) is 21.4. The normalized spacial score (nSPS) is 31.5. The number of hydrogen-bond donors (Lipinski definition) is 2. The van der Waals surface area contributed by atoms with Gasteiger partial charge in [0, 0.05) is 18.2 Å². The third-order valence-electron chi connectivity index (χ3n) is 10.1. The summed E-state index contributed by atoms with van der Waals surface area (Å²) in [4.78, 5) is 17.0. The van der Waals surface area contributed by atoms with Crippen LogP contribution >= 0.6 is 0 Å². The second-order valence-electron chi connectivity index (χ2n) is 11.9. The first kappa shape index (κ1) is 23.2. The molecule has 0 radical (unpaired) electrons. The minimum absolute atomic E-state index is 0.0237. The van der Waals surface area contributed by atoms with Gasteiger partial charge >= 0.3 is 0 Å². The van der Waals surface area contributed by atoms with Crippen molar-refractivity contribution < 1.29 is 15.4 Å². The first-order chi connectivity index (χ1) is 17.2. The van der Waals surface area contributed by atoms with Crippen molar-refractivity contribution in [1.82, 2.24) is 4.90 Å². The maximum atomic E-state index is 14.6. The van der Waals surface area contributed by atoms with E-state index in [1.807, 2.05) is 0 Å². The number of carbonyl (C=O) groups excluding carboxylic acids is 1. The van der Waals surface area contributed by atoms with Crippen molar-refractivity contribution in [3.05, 3.63) is 70.8 Å². The molecular weight excluding hydrogens is 430 g/mol. The van der Waals surface area contributed by atoms with Crippen LogP contribution < -0.4 is 10.6 Å². The van der Waals surface area contributed by atoms with Gasteiger partial charge in [0.15, 0.2) is 0 Å². The fourth-order valence-corrected chi connectivity index (χ4v) is 8.22. The van der Waals surface area contributed by atoms with Crippen LogP contribution in [-0.4, -0.2) is 43.0 Å². The molecule has 1 amide bonds. The first-order valence-corrected chi connectivity index (χ1v) is 14.2. The Morgan fingerprint density at radius 2 is 1.74 bits per heavy atom. The van der Waals surface area contributed by atoms with Crippen molar-refractivity contribution in [2.24, 2.45) is 11.8 Å². The summed E-state index contributed by atoms with van der Waals surface area (Å²) in [7, 11) is 0. The first-order valence-electron chi connectivity index (χ1n) is 14.2. The zero-order valence-electron chi connectivity index (χ0n) is 21.4. The van der Waals surface area contributed by atoms with E-state index in [-0.39, 0.29) is 11.3 Å². The van der Waals surface area contributed by atoms with Crippen LogP contribution in [0, 0.1) is 18.8 Å². The van der Waals surface area contributed by atoms with Gasteiger partial charge in [-0.1, -0.05) is 67.8 Å². The maximum absolute atomic E-state index is 14.6. The Hall–Kier alpha value is -2.17. The van der Waals surface area contributed by atoms with Crippen LogP contribution in [0.5, 0.6) is 0 Å². The molecule has 0 aromatic heterocycles. The van der Waals surface area contributed by atoms with Crippen molar-refractivity contribution in [1.29, 1.82) is 0 Å². The van der Waals surface area contributed by atoms with Crippen molar-refractivity contribution in [2.45, 2.75) is 75.8 Å². The lowest BCUT2D eigenvalue weighted by Gasteiger charge is -2.47. The van der Waals surface area contributed by atoms with Crippen LogP contribution in [0.25, 0.3) is 0 Å². The van der Waals surface area contributed by atoms with E-state index in [1.165, 1.54) is 54.4 Å². The lowest BCUT2D eigenvalue weighted by molar-refractivity contribution is -0.691. The highest BCUT2D eigenvalue weighted by Gasteiger charge is 2.57. The molecule has 186 valence electrons. The third-order valence-corrected chi connectivity index (χ3v) is 10.1. The fourth-order valence-electron chi connectivity index (χ4n) is 8.22. The zero-order chi connectivity index (χ0) is 23.8. The van der Waals surface area contributed by atoms with Crippen molar-refractivity contribution in [3.8, 4) is 0 Å². The van der Waals surface area contributed by atoms with Gasteiger partial charge in [0.2, 0.25) is 5.91 Å². The van der Waals surface area contributed by atoms with Gasteiger partial charge in [0.1, 0.15) is 17.9 Å². The van der Waals surface area contributed by atoms with Crippen LogP contribution in [-0.2, 0) is 16.8 Å². The van der Waals surface area contributed by atoms with Gasteiger partial charge < -0.3 is 15.5 Å². The molecule has 1 saturated carbocycles. The molecule has 4 N–H and O–H groups in total. The quantitative estimate of drug-likeness (QED) is 0.708. The standard InChI is InChI=1S/C31H41N3O/c1-22-9-8-14-27-26(22)18-32-20-31(27)21-33-19-28(31)30(35)34-16-15-25(23-10-4-2-5-11-23)17-29(34)24-12-6-3-7-13-24/h2,4-5,8-11,14,24-25,28-29,32-33H,3,6-7,12-13,15-21H2,1H3/p+2. The van der Waals surface area contributed by atoms with E-state index in [0.717, 1.165) is 45.6 Å². The number of quaternary nitrogens is 2. The topological polar surface area (TPSA) is 53.5 Å². The molecule has 6 rings (SSSR count). The number of rotatable bonds is 3. The number of nitrogens with two attached hydrogens (primary N) is 2. The van der Waals surface area contributed by atoms with E-state index >= 15 is 0 Å². The summed E-state index contributed by atoms with van der Waals surface area (Å²) in [6, 6.07) is 18.3. The Morgan fingerprint density at radius 1 is 0.943 bits per heavy atom. The summed E-state index contributed by atoms with van der Waals surface area (Å²) in [5.41, 5.74) is 5.79. The highest BCUT2D eigenvalue weighted by Crippen LogP contribution is 2.43. The van der Waals surface area contributed by atoms with E-state index in [1.54, 1.807) is 0 Å². The average Bonchev–Trinajstić information content (AvgIpc) is 3.33. The Labute approximate surface area is 210 Å². The molecule has 1 spiro atoms. The molecule has 3 heterocycles. The van der Waals surface area contributed by atoms with Crippen LogP contribution in [0.2, 0.25) is 0 Å². The summed E-state index contributed by atoms with van der Waals surface area (Å²) in [6.45, 7) is 7.26. The number of aryl methyl sites for hydroxylation is 1. The lowest BCUT2D eigenvalue weighted by atomic mass is 9.67. The molecule has 2 aromatic rings. The van der Waals surface area contributed by atoms with Gasteiger partial charge in [0.25, 0.3) is 0 Å². The van der Waals surface area contributed by atoms with Crippen LogP contribution in [0.3, 0.4) is 0 Å². The molecule has 4 unspecified atom stereocenters. The largest absolute Gasteiger partial charge is 0.345 e. The van der Waals surface area contributed by atoms with E-state index in [2.05, 4.69) is 71.0 Å². The summed E-state index contributed by atoms with van der Waals surface area (Å²) >= 11 is 0. The Balaban J connectivity index is 1.31. The molecule has 3 fully saturated rings. The predicted octanol–water partition coefficient (Wildman–Crippen LogP) is 2.86. The van der Waals surface area contributed by atoms with Gasteiger partial charge in [-0.15, -0.1) is 0 Å². The lowest BCUT2D eigenvalue weighted by Crippen LogP contribution is -2.91. The number of piperidine rings is 1. The second-order valence-corrected chi connectivity index (χ2v) is 11.9. The Morgan fingerprint density at radius 3 is 2.57 bits per heavy atom. The highest BCUT2D eigenvalue weighted by molar-refractivity contribution is 5.82. The summed E-state index contributed by atoms with van der Waals surface area (Å²) in [6.07, 6.45) is 8.88. The summed E-state index contributed by atoms with van der Waals surface area (Å²) in [5.74, 6) is 1.82. The molecule has 2 aromatic carbocycles. The van der Waals surface area contributed by atoms with Crippen LogP contribution in [0.4, 0.5) is 0 Å². The van der Waals surface area contributed by atoms with Crippen molar-refractivity contribution >= 4 is 5.91 Å². The minimum Gasteiger partial charge on any atom is -0.345 e. The molecular formula is C31H43N3O+2.